The van der Waals surface area contributed by atoms with Gasteiger partial charge in [0.05, 0.1) is 5.41 Å². The van der Waals surface area contributed by atoms with Crippen molar-refractivity contribution in [2.24, 2.45) is 11.1 Å². The Morgan fingerprint density at radius 1 is 1.29 bits per heavy atom. The molecule has 0 bridgehead atoms. The summed E-state index contributed by atoms with van der Waals surface area (Å²) < 4.78 is 0. The van der Waals surface area contributed by atoms with Crippen molar-refractivity contribution in [3.8, 4) is 0 Å². The summed E-state index contributed by atoms with van der Waals surface area (Å²) in [6.07, 6.45) is 3.73. The Morgan fingerprint density at radius 3 is 2.36 bits per heavy atom. The van der Waals surface area contributed by atoms with Gasteiger partial charge in [-0.25, -0.2) is 0 Å². The number of hydrogen-bond donors (Lipinski definition) is 1. The van der Waals surface area contributed by atoms with E-state index in [0.29, 0.717) is 0 Å². The Balaban J connectivity index is 2.79. The predicted octanol–water partition coefficient (Wildman–Crippen LogP) is 2.21. The van der Waals surface area contributed by atoms with Gasteiger partial charge >= 0.3 is 0 Å². The van der Waals surface area contributed by atoms with E-state index in [1.54, 1.807) is 13.8 Å². The summed E-state index contributed by atoms with van der Waals surface area (Å²) in [5.74, 6) is -0.315. The minimum absolute atomic E-state index is 0.315. The molecule has 1 aromatic rings. The fourth-order valence-corrected chi connectivity index (χ4v) is 0.951. The van der Waals surface area contributed by atoms with Gasteiger partial charge in [0.2, 0.25) is 5.91 Å². The van der Waals surface area contributed by atoms with Gasteiger partial charge in [-0.2, -0.15) is 0 Å². The number of benzene rings is 1. The van der Waals surface area contributed by atoms with E-state index in [9.17, 15) is 4.79 Å². The Bertz CT molecular complexity index is 339. The summed E-state index contributed by atoms with van der Waals surface area (Å²) >= 11 is 0. The quantitative estimate of drug-likeness (QED) is 0.778. The van der Waals surface area contributed by atoms with Gasteiger partial charge in [-0.05, 0) is 19.4 Å². The van der Waals surface area contributed by atoms with Crippen molar-refractivity contribution < 1.29 is 4.79 Å². The maximum Gasteiger partial charge on any atom is 0.226 e. The van der Waals surface area contributed by atoms with E-state index < -0.39 is 5.41 Å². The molecule has 0 atom stereocenters. The van der Waals surface area contributed by atoms with Crippen LogP contribution in [0.2, 0.25) is 0 Å². The SMILES string of the molecule is CC(C)(/C=C/c1ccccc1)C(N)=O. The molecule has 0 radical (unpaired) electrons. The normalized spacial score (nSPS) is 11.9. The third-order valence-electron chi connectivity index (χ3n) is 2.13. The minimum Gasteiger partial charge on any atom is -0.369 e. The molecule has 0 aliphatic rings. The van der Waals surface area contributed by atoms with E-state index in [0.717, 1.165) is 5.56 Å². The molecule has 2 heteroatoms. The number of primary amides is 1. The van der Waals surface area contributed by atoms with Crippen LogP contribution in [0.1, 0.15) is 19.4 Å². The maximum absolute atomic E-state index is 11.0. The Morgan fingerprint density at radius 2 is 1.86 bits per heavy atom. The summed E-state index contributed by atoms with van der Waals surface area (Å²) in [4.78, 5) is 11.0. The maximum atomic E-state index is 11.0. The van der Waals surface area contributed by atoms with Crippen LogP contribution in [0, 0.1) is 5.41 Å². The molecule has 1 amide bonds. The van der Waals surface area contributed by atoms with Crippen LogP contribution in [-0.4, -0.2) is 5.91 Å². The van der Waals surface area contributed by atoms with Gasteiger partial charge in [-0.15, -0.1) is 0 Å². The van der Waals surface area contributed by atoms with Crippen LogP contribution in [0.15, 0.2) is 36.4 Å². The number of hydrogen-bond acceptors (Lipinski definition) is 1. The van der Waals surface area contributed by atoms with E-state index in [4.69, 9.17) is 5.73 Å². The highest BCUT2D eigenvalue weighted by Gasteiger charge is 2.20. The van der Waals surface area contributed by atoms with Gasteiger partial charge in [0.1, 0.15) is 0 Å². The average Bonchev–Trinajstić information content (AvgIpc) is 2.16. The summed E-state index contributed by atoms with van der Waals surface area (Å²) in [6, 6.07) is 9.82. The van der Waals surface area contributed by atoms with Crippen molar-refractivity contribution in [1.29, 1.82) is 0 Å². The molecule has 1 rings (SSSR count). The van der Waals surface area contributed by atoms with Crippen LogP contribution >= 0.6 is 0 Å². The zero-order valence-electron chi connectivity index (χ0n) is 8.53. The average molecular weight is 189 g/mol. The topological polar surface area (TPSA) is 43.1 Å². The molecule has 74 valence electrons. The fraction of sp³-hybridized carbons (Fsp3) is 0.250. The summed E-state index contributed by atoms with van der Waals surface area (Å²) in [7, 11) is 0. The summed E-state index contributed by atoms with van der Waals surface area (Å²) in [6.45, 7) is 3.60. The van der Waals surface area contributed by atoms with Crippen molar-refractivity contribution in [3.05, 3.63) is 42.0 Å². The Kier molecular flexibility index (Phi) is 3.07. The first-order valence-corrected chi connectivity index (χ1v) is 4.56. The number of carbonyl (C=O) groups is 1. The highest BCUT2D eigenvalue weighted by Crippen LogP contribution is 2.17. The lowest BCUT2D eigenvalue weighted by molar-refractivity contribution is -0.123. The molecule has 0 saturated heterocycles. The Labute approximate surface area is 84.4 Å². The lowest BCUT2D eigenvalue weighted by Gasteiger charge is -2.14. The second kappa shape index (κ2) is 4.09. The van der Waals surface area contributed by atoms with Crippen LogP contribution in [0.5, 0.6) is 0 Å². The van der Waals surface area contributed by atoms with E-state index in [1.807, 2.05) is 42.5 Å². The molecule has 0 heterocycles. The lowest BCUT2D eigenvalue weighted by Crippen LogP contribution is -2.29. The van der Waals surface area contributed by atoms with E-state index >= 15 is 0 Å². The van der Waals surface area contributed by atoms with Crippen molar-refractivity contribution >= 4 is 12.0 Å². The van der Waals surface area contributed by atoms with E-state index in [-0.39, 0.29) is 5.91 Å². The second-order valence-corrected chi connectivity index (χ2v) is 3.83. The first kappa shape index (κ1) is 10.5. The highest BCUT2D eigenvalue weighted by atomic mass is 16.1. The molecular formula is C12H15NO. The van der Waals surface area contributed by atoms with Crippen LogP contribution in [0.4, 0.5) is 0 Å². The number of amides is 1. The molecule has 0 aromatic heterocycles. The molecule has 0 fully saturated rings. The van der Waals surface area contributed by atoms with Gasteiger partial charge in [-0.3, -0.25) is 4.79 Å². The molecule has 0 aliphatic carbocycles. The second-order valence-electron chi connectivity index (χ2n) is 3.83. The molecule has 0 spiro atoms. The number of nitrogens with two attached hydrogens (primary N) is 1. The molecule has 14 heavy (non-hydrogen) atoms. The predicted molar refractivity (Wildman–Crippen MR) is 58.5 cm³/mol. The summed E-state index contributed by atoms with van der Waals surface area (Å²) in [5.41, 5.74) is 5.73. The Hall–Kier alpha value is -1.57. The number of rotatable bonds is 3. The van der Waals surface area contributed by atoms with Crippen LogP contribution < -0.4 is 5.73 Å². The third-order valence-corrected chi connectivity index (χ3v) is 2.13. The van der Waals surface area contributed by atoms with Crippen molar-refractivity contribution in [3.63, 3.8) is 0 Å². The third kappa shape index (κ3) is 2.73. The van der Waals surface area contributed by atoms with E-state index in [1.165, 1.54) is 0 Å². The van der Waals surface area contributed by atoms with Crippen LogP contribution in [0.25, 0.3) is 6.08 Å². The smallest absolute Gasteiger partial charge is 0.226 e. The van der Waals surface area contributed by atoms with Gasteiger partial charge in [0.25, 0.3) is 0 Å². The molecule has 0 unspecified atom stereocenters. The molecular weight excluding hydrogens is 174 g/mol. The van der Waals surface area contributed by atoms with E-state index in [2.05, 4.69) is 0 Å². The first-order valence-electron chi connectivity index (χ1n) is 4.56. The van der Waals surface area contributed by atoms with Gasteiger partial charge in [0.15, 0.2) is 0 Å². The van der Waals surface area contributed by atoms with Crippen molar-refractivity contribution in [2.75, 3.05) is 0 Å². The lowest BCUT2D eigenvalue weighted by atomic mass is 9.91. The zero-order chi connectivity index (χ0) is 10.6. The van der Waals surface area contributed by atoms with Gasteiger partial charge in [0, 0.05) is 0 Å². The largest absolute Gasteiger partial charge is 0.369 e. The van der Waals surface area contributed by atoms with Crippen molar-refractivity contribution in [1.82, 2.24) is 0 Å². The molecule has 1 aromatic carbocycles. The molecule has 0 saturated carbocycles. The highest BCUT2D eigenvalue weighted by molar-refractivity contribution is 5.83. The number of carbonyl (C=O) groups excluding carboxylic acids is 1. The van der Waals surface area contributed by atoms with Crippen molar-refractivity contribution in [2.45, 2.75) is 13.8 Å². The monoisotopic (exact) mass is 189 g/mol. The summed E-state index contributed by atoms with van der Waals surface area (Å²) in [5, 5.41) is 0. The fourth-order valence-electron chi connectivity index (χ4n) is 0.951. The van der Waals surface area contributed by atoms with Crippen LogP contribution in [-0.2, 0) is 4.79 Å². The molecule has 2 N–H and O–H groups in total. The first-order chi connectivity index (χ1) is 6.52. The van der Waals surface area contributed by atoms with Gasteiger partial charge in [-0.1, -0.05) is 42.5 Å². The standard InChI is InChI=1S/C12H15NO/c1-12(2,11(13)14)9-8-10-6-4-3-5-7-10/h3-9H,1-2H3,(H2,13,14)/b9-8+. The minimum atomic E-state index is -0.587. The molecule has 0 aliphatic heterocycles. The molecule has 2 nitrogen and oxygen atoms in total. The zero-order valence-corrected chi connectivity index (χ0v) is 8.53. The van der Waals surface area contributed by atoms with Gasteiger partial charge < -0.3 is 5.73 Å². The van der Waals surface area contributed by atoms with Crippen LogP contribution in [0.3, 0.4) is 0 Å².